The van der Waals surface area contributed by atoms with Gasteiger partial charge in [-0.3, -0.25) is 0 Å². The van der Waals surface area contributed by atoms with E-state index in [-0.39, 0.29) is 0 Å². The Morgan fingerprint density at radius 3 is 2.50 bits per heavy atom. The summed E-state index contributed by atoms with van der Waals surface area (Å²) in [5, 5.41) is 6.88. The Morgan fingerprint density at radius 1 is 1.06 bits per heavy atom. The summed E-state index contributed by atoms with van der Waals surface area (Å²) in [6.45, 7) is 9.78. The van der Waals surface area contributed by atoms with Crippen molar-refractivity contribution >= 4 is 5.69 Å². The van der Waals surface area contributed by atoms with Crippen LogP contribution in [0.4, 0.5) is 5.69 Å². The summed E-state index contributed by atoms with van der Waals surface area (Å²) >= 11 is 0. The van der Waals surface area contributed by atoms with Crippen molar-refractivity contribution in [2.45, 2.75) is 33.1 Å². The van der Waals surface area contributed by atoms with Crippen LogP contribution in [0.3, 0.4) is 0 Å². The third-order valence-corrected chi connectivity index (χ3v) is 2.63. The summed E-state index contributed by atoms with van der Waals surface area (Å²) in [5.74, 6) is 0.576. The highest BCUT2D eigenvalue weighted by Gasteiger charge is 2.04. The average molecular weight is 220 g/mol. The van der Waals surface area contributed by atoms with Gasteiger partial charge in [0, 0.05) is 18.8 Å². The van der Waals surface area contributed by atoms with Gasteiger partial charge in [0.05, 0.1) is 0 Å². The second kappa shape index (κ2) is 7.29. The molecule has 0 bridgehead atoms. The minimum Gasteiger partial charge on any atom is -0.384 e. The fourth-order valence-corrected chi connectivity index (χ4v) is 1.75. The maximum atomic E-state index is 3.49. The quantitative estimate of drug-likeness (QED) is 0.689. The van der Waals surface area contributed by atoms with Crippen LogP contribution < -0.4 is 10.6 Å². The minimum atomic E-state index is 0.576. The van der Waals surface area contributed by atoms with E-state index in [1.165, 1.54) is 17.7 Å². The van der Waals surface area contributed by atoms with Crippen molar-refractivity contribution in [2.75, 3.05) is 25.0 Å². The first-order valence-corrected chi connectivity index (χ1v) is 6.29. The van der Waals surface area contributed by atoms with Crippen LogP contribution >= 0.6 is 0 Å². The largest absolute Gasteiger partial charge is 0.384 e. The van der Waals surface area contributed by atoms with Gasteiger partial charge in [0.1, 0.15) is 0 Å². The Balaban J connectivity index is 2.41. The minimum absolute atomic E-state index is 0.576. The van der Waals surface area contributed by atoms with Crippen LogP contribution in [-0.4, -0.2) is 19.6 Å². The zero-order valence-electron chi connectivity index (χ0n) is 10.7. The summed E-state index contributed by atoms with van der Waals surface area (Å²) in [6, 6.07) is 8.56. The zero-order valence-corrected chi connectivity index (χ0v) is 10.7. The van der Waals surface area contributed by atoms with Gasteiger partial charge in [0.2, 0.25) is 0 Å². The number of rotatable bonds is 7. The average Bonchev–Trinajstić information content (AvgIpc) is 2.29. The molecule has 1 rings (SSSR count). The third kappa shape index (κ3) is 4.23. The van der Waals surface area contributed by atoms with E-state index < -0.39 is 0 Å². The van der Waals surface area contributed by atoms with E-state index in [2.05, 4.69) is 55.7 Å². The van der Waals surface area contributed by atoms with E-state index in [0.29, 0.717) is 5.92 Å². The van der Waals surface area contributed by atoms with Crippen LogP contribution in [-0.2, 0) is 0 Å². The fourth-order valence-electron chi connectivity index (χ4n) is 1.75. The first kappa shape index (κ1) is 13.0. The van der Waals surface area contributed by atoms with Gasteiger partial charge in [0.25, 0.3) is 0 Å². The fraction of sp³-hybridized carbons (Fsp3) is 0.571. The molecule has 2 N–H and O–H groups in total. The Kier molecular flexibility index (Phi) is 5.94. The van der Waals surface area contributed by atoms with Crippen molar-refractivity contribution in [2.24, 2.45) is 0 Å². The van der Waals surface area contributed by atoms with Gasteiger partial charge < -0.3 is 10.6 Å². The maximum Gasteiger partial charge on any atom is 0.0375 e. The molecule has 0 atom stereocenters. The van der Waals surface area contributed by atoms with Crippen molar-refractivity contribution in [3.63, 3.8) is 0 Å². The van der Waals surface area contributed by atoms with Gasteiger partial charge in [-0.2, -0.15) is 0 Å². The van der Waals surface area contributed by atoms with Gasteiger partial charge >= 0.3 is 0 Å². The van der Waals surface area contributed by atoms with Gasteiger partial charge in [-0.05, 0) is 30.5 Å². The van der Waals surface area contributed by atoms with Crippen molar-refractivity contribution in [1.29, 1.82) is 0 Å². The molecule has 0 saturated heterocycles. The molecule has 0 unspecified atom stereocenters. The number of para-hydroxylation sites is 1. The molecule has 0 aliphatic heterocycles. The molecule has 0 spiro atoms. The lowest BCUT2D eigenvalue weighted by Gasteiger charge is -2.14. The van der Waals surface area contributed by atoms with Gasteiger partial charge in [-0.25, -0.2) is 0 Å². The number of nitrogens with one attached hydrogen (secondary N) is 2. The molecule has 0 radical (unpaired) electrons. The molecule has 0 aliphatic rings. The Hall–Kier alpha value is -1.02. The molecule has 0 aliphatic carbocycles. The third-order valence-electron chi connectivity index (χ3n) is 2.63. The number of anilines is 1. The van der Waals surface area contributed by atoms with E-state index in [1.54, 1.807) is 0 Å². The van der Waals surface area contributed by atoms with Crippen molar-refractivity contribution in [3.05, 3.63) is 29.8 Å². The van der Waals surface area contributed by atoms with E-state index in [9.17, 15) is 0 Å². The zero-order chi connectivity index (χ0) is 11.8. The molecule has 2 nitrogen and oxygen atoms in total. The predicted octanol–water partition coefficient (Wildman–Crippen LogP) is 3.22. The standard InChI is InChI=1S/C14H24N2/c1-4-9-15-10-11-16-14-8-6-5-7-13(14)12(2)3/h5-8,12,15-16H,4,9-11H2,1-3H3. The highest BCUT2D eigenvalue weighted by molar-refractivity contribution is 5.52. The molecule has 16 heavy (non-hydrogen) atoms. The maximum absolute atomic E-state index is 3.49. The Bertz CT molecular complexity index is 295. The highest BCUT2D eigenvalue weighted by Crippen LogP contribution is 2.23. The first-order chi connectivity index (χ1) is 7.75. The molecule has 2 heteroatoms. The van der Waals surface area contributed by atoms with E-state index in [4.69, 9.17) is 0 Å². The molecule has 0 amide bonds. The van der Waals surface area contributed by atoms with Crippen molar-refractivity contribution < 1.29 is 0 Å². The van der Waals surface area contributed by atoms with Crippen LogP contribution in [0.1, 0.15) is 38.7 Å². The first-order valence-electron chi connectivity index (χ1n) is 6.29. The van der Waals surface area contributed by atoms with Crippen LogP contribution in [0.25, 0.3) is 0 Å². The summed E-state index contributed by atoms with van der Waals surface area (Å²) in [5.41, 5.74) is 2.67. The summed E-state index contributed by atoms with van der Waals surface area (Å²) < 4.78 is 0. The topological polar surface area (TPSA) is 24.1 Å². The number of benzene rings is 1. The van der Waals surface area contributed by atoms with Crippen LogP contribution in [0.15, 0.2) is 24.3 Å². The lowest BCUT2D eigenvalue weighted by Crippen LogP contribution is -2.23. The second-order valence-corrected chi connectivity index (χ2v) is 4.42. The molecule has 1 aromatic carbocycles. The van der Waals surface area contributed by atoms with Crippen LogP contribution in [0.5, 0.6) is 0 Å². The van der Waals surface area contributed by atoms with E-state index in [0.717, 1.165) is 19.6 Å². The molecule has 1 aromatic rings. The lowest BCUT2D eigenvalue weighted by molar-refractivity contribution is 0.687. The van der Waals surface area contributed by atoms with Gasteiger partial charge in [-0.1, -0.05) is 39.0 Å². The molecular weight excluding hydrogens is 196 g/mol. The molecular formula is C14H24N2. The Morgan fingerprint density at radius 2 is 1.81 bits per heavy atom. The molecule has 0 saturated carbocycles. The smallest absolute Gasteiger partial charge is 0.0375 e. The van der Waals surface area contributed by atoms with Crippen molar-refractivity contribution in [1.82, 2.24) is 5.32 Å². The monoisotopic (exact) mass is 220 g/mol. The summed E-state index contributed by atoms with van der Waals surface area (Å²) in [4.78, 5) is 0. The van der Waals surface area contributed by atoms with Crippen LogP contribution in [0, 0.1) is 0 Å². The predicted molar refractivity (Wildman–Crippen MR) is 72.2 cm³/mol. The Labute approximate surface area is 99.5 Å². The SMILES string of the molecule is CCCNCCNc1ccccc1C(C)C. The van der Waals surface area contributed by atoms with E-state index >= 15 is 0 Å². The lowest BCUT2D eigenvalue weighted by atomic mass is 10.0. The van der Waals surface area contributed by atoms with Crippen molar-refractivity contribution in [3.8, 4) is 0 Å². The van der Waals surface area contributed by atoms with Gasteiger partial charge in [-0.15, -0.1) is 0 Å². The highest BCUT2D eigenvalue weighted by atomic mass is 14.9. The van der Waals surface area contributed by atoms with Gasteiger partial charge in [0.15, 0.2) is 0 Å². The molecule has 0 aromatic heterocycles. The molecule has 0 fully saturated rings. The second-order valence-electron chi connectivity index (χ2n) is 4.42. The summed E-state index contributed by atoms with van der Waals surface area (Å²) in [6.07, 6.45) is 1.20. The number of hydrogen-bond donors (Lipinski definition) is 2. The number of hydrogen-bond acceptors (Lipinski definition) is 2. The summed E-state index contributed by atoms with van der Waals surface area (Å²) in [7, 11) is 0. The molecule has 90 valence electrons. The molecule has 0 heterocycles. The van der Waals surface area contributed by atoms with Crippen LogP contribution in [0.2, 0.25) is 0 Å². The normalized spacial score (nSPS) is 10.8. The van der Waals surface area contributed by atoms with E-state index in [1.807, 2.05) is 0 Å².